The first-order valence-corrected chi connectivity index (χ1v) is 30.9. The molecular formula is C49H50B4Br2Cl3F5N13NaO10S4. The van der Waals surface area contributed by atoms with Crippen LogP contribution in [0, 0.1) is 42.9 Å². The van der Waals surface area contributed by atoms with E-state index in [1.54, 1.807) is 47.8 Å². The summed E-state index contributed by atoms with van der Waals surface area (Å²) in [4.78, 5) is 66.8. The molecule has 0 saturated carbocycles. The molecule has 0 spiro atoms. The van der Waals surface area contributed by atoms with Gasteiger partial charge in [-0.05, 0) is 96.5 Å². The number of amides is 3. The van der Waals surface area contributed by atoms with Crippen LogP contribution < -0.4 is 56.7 Å². The fourth-order valence-electron chi connectivity index (χ4n) is 5.86. The van der Waals surface area contributed by atoms with Crippen LogP contribution in [-0.2, 0) is 28.1 Å². The third kappa shape index (κ3) is 31.6. The number of aliphatic hydroxyl groups excluding tert-OH is 1. The second-order valence-electron chi connectivity index (χ2n) is 16.7. The molecule has 42 heteroatoms. The number of nitrogens with two attached hydrogens (primary N) is 1. The number of hydrogen-bond donors (Lipinski definition) is 7. The molecule has 1 saturated heterocycles. The molecule has 0 aliphatic carbocycles. The van der Waals surface area contributed by atoms with Crippen LogP contribution in [-0.4, -0.2) is 119 Å². The van der Waals surface area contributed by atoms with Crippen LogP contribution in [0.5, 0.6) is 0 Å². The smallest absolute Gasteiger partial charge is 0.870 e. The Hall–Kier alpha value is -5.06. The maximum Gasteiger partial charge on any atom is 1.00 e. The van der Waals surface area contributed by atoms with E-state index in [1.807, 2.05) is 20.5 Å². The first-order valence-electron chi connectivity index (χ1n) is 24.6. The second-order valence-corrected chi connectivity index (χ2v) is 23.4. The summed E-state index contributed by atoms with van der Waals surface area (Å²) < 4.78 is 81.3. The Morgan fingerprint density at radius 1 is 0.538 bits per heavy atom. The second kappa shape index (κ2) is 43.0. The van der Waals surface area contributed by atoms with Gasteiger partial charge < -0.3 is 56.0 Å². The largest absolute Gasteiger partial charge is 1.00 e. The van der Waals surface area contributed by atoms with Crippen molar-refractivity contribution < 1.29 is 100 Å². The number of thiazole rings is 4. The standard InChI is InChI=1S/C11H10FN3OS.C10H7ClFN3OS.C9H8FN3S.C5H4BClFNO2.C5H2BrClFN.C5H5BrN2OS.C3H9B3O3.CH4O.Na.H2O/c1-6-9(12)3-8(4-13-6)11-15-10(5-17-11)14-7(2)16;1-5(16)14-8-4-17-10(15-8)6-2-7(12)9(11)13-3-6;1-5-7(10)2-6(3-12-5)9-13-8(11)4-14-9;7-5-4(8)1-3(2-9-5)6(10)11;6-3-1-4(8)5(7)9-2-3;1-3(9)7-4-2-10-5(6)8-4;1-4-7-5(2)9-6(3)8-4;1-2;;/h3-5H,1-2H3,(H,14,16);2-4H,1H3,(H,14,16);2-4H,11H2,1H3;1-2,10-11H;1-2H;2H,1H3,(H,7,9);1-3H3;2H,1H3;;1H2/q;;;;;;;;+1;/p-1. The molecule has 0 bridgehead atoms. The molecule has 0 unspecified atom stereocenters. The van der Waals surface area contributed by atoms with E-state index in [0.29, 0.717) is 70.8 Å². The minimum absolute atomic E-state index is 0. The molecular weight excluding hydrogens is 1490 g/mol. The van der Waals surface area contributed by atoms with Gasteiger partial charge in [0.25, 0.3) is 0 Å². The summed E-state index contributed by atoms with van der Waals surface area (Å²) in [6.07, 6.45) is 7.12. The summed E-state index contributed by atoms with van der Waals surface area (Å²) in [5.74, 6) is -1.09. The van der Waals surface area contributed by atoms with Gasteiger partial charge in [0.2, 0.25) is 17.7 Å². The molecule has 0 atom stereocenters. The van der Waals surface area contributed by atoms with Crippen molar-refractivity contribution in [2.45, 2.75) is 55.1 Å². The Morgan fingerprint density at radius 3 is 1.21 bits per heavy atom. The first-order chi connectivity index (χ1) is 42.0. The molecule has 0 radical (unpaired) electrons. The van der Waals surface area contributed by atoms with E-state index in [-0.39, 0.29) is 107 Å². The fourth-order valence-corrected chi connectivity index (χ4v) is 9.58. The van der Waals surface area contributed by atoms with Crippen LogP contribution in [0.2, 0.25) is 35.9 Å². The van der Waals surface area contributed by atoms with Crippen molar-refractivity contribution in [2.75, 3.05) is 28.8 Å². The molecule has 1 aliphatic heterocycles. The number of pyridine rings is 5. The van der Waals surface area contributed by atoms with Gasteiger partial charge in [-0.25, -0.2) is 56.8 Å². The molecule has 1 fully saturated rings. The molecule has 0 aromatic carbocycles. The predicted octanol–water partition coefficient (Wildman–Crippen LogP) is 8.70. The summed E-state index contributed by atoms with van der Waals surface area (Å²) >= 11 is 27.6. The average Bonchev–Trinajstić information content (AvgIpc) is 2.00. The van der Waals surface area contributed by atoms with Crippen LogP contribution >= 0.6 is 112 Å². The molecule has 10 rings (SSSR count). The van der Waals surface area contributed by atoms with E-state index < -0.39 is 24.6 Å². The Bertz CT molecular complexity index is 3640. The van der Waals surface area contributed by atoms with Gasteiger partial charge in [0.05, 0.1) is 11.4 Å². The van der Waals surface area contributed by atoms with Gasteiger partial charge in [-0.1, -0.05) is 34.8 Å². The Morgan fingerprint density at radius 2 is 0.879 bits per heavy atom. The number of nitrogens with one attached hydrogen (secondary N) is 3. The van der Waals surface area contributed by atoms with Gasteiger partial charge in [0.1, 0.15) is 49.9 Å². The zero-order chi connectivity index (χ0) is 66.7. The minimum atomic E-state index is -1.71. The molecule has 23 nitrogen and oxygen atoms in total. The predicted molar refractivity (Wildman–Crippen MR) is 352 cm³/mol. The van der Waals surface area contributed by atoms with E-state index in [2.05, 4.69) is 92.7 Å². The fraction of sp³-hybridized carbons (Fsp3) is 0.184. The maximum absolute atomic E-state index is 13.3. The maximum atomic E-state index is 13.3. The Labute approximate surface area is 589 Å². The Balaban J connectivity index is 0.000000534. The van der Waals surface area contributed by atoms with Gasteiger partial charge in [0, 0.05) is 107 Å². The van der Waals surface area contributed by atoms with Gasteiger partial charge in [-0.3, -0.25) is 24.4 Å². The molecule has 1 aliphatic rings. The number of halogens is 10. The zero-order valence-corrected chi connectivity index (χ0v) is 59.9. The number of aryl methyl sites for hydroxylation is 2. The van der Waals surface area contributed by atoms with Crippen molar-refractivity contribution in [1.29, 1.82) is 0 Å². The summed E-state index contributed by atoms with van der Waals surface area (Å²) in [5.41, 5.74) is 7.98. The van der Waals surface area contributed by atoms with Crippen molar-refractivity contribution in [3.8, 4) is 31.7 Å². The minimum Gasteiger partial charge on any atom is -0.870 e. The number of aromatic nitrogens is 9. The van der Waals surface area contributed by atoms with Crippen molar-refractivity contribution >= 4 is 187 Å². The van der Waals surface area contributed by atoms with E-state index in [0.717, 1.165) is 23.3 Å². The molecule has 9 N–H and O–H groups in total. The van der Waals surface area contributed by atoms with Crippen molar-refractivity contribution in [3.05, 3.63) is 147 Å². The first kappa shape index (κ1) is 84.0. The molecule has 91 heavy (non-hydrogen) atoms. The van der Waals surface area contributed by atoms with E-state index >= 15 is 0 Å². The number of nitrogen functional groups attached to an aromatic ring is 1. The van der Waals surface area contributed by atoms with E-state index in [1.165, 1.54) is 103 Å². The Kier molecular flexibility index (Phi) is 39.7. The molecule has 478 valence electrons. The van der Waals surface area contributed by atoms with Gasteiger partial charge in [0.15, 0.2) is 36.8 Å². The third-order valence-electron chi connectivity index (χ3n) is 9.53. The van der Waals surface area contributed by atoms with Crippen LogP contribution in [0.4, 0.5) is 45.2 Å². The average molecular weight is 1540 g/mol. The number of rotatable bonds is 7. The van der Waals surface area contributed by atoms with Crippen molar-refractivity contribution in [3.63, 3.8) is 0 Å². The SMILES string of the molecule is CB1OB(C)OB(C)O1.CC(=O)Nc1csc(-c2cnc(C)c(F)c2)n1.CC(=O)Nc1csc(-c2cnc(Cl)c(F)c2)n1.CC(=O)Nc1csc(Br)n1.CO.Cc1ncc(-c2nc(N)cs2)cc1F.Fc1cc(Br)cnc1Cl.OB(O)c1cnc(Cl)c(F)c1.[Na+].[OH-]. The van der Waals surface area contributed by atoms with Crippen LogP contribution in [0.3, 0.4) is 0 Å². The third-order valence-corrected chi connectivity index (χ3v) is 14.9. The number of carbonyl (C=O) groups excluding carboxylic acids is 3. The summed E-state index contributed by atoms with van der Waals surface area (Å²) in [6.45, 7) is 13.0. The van der Waals surface area contributed by atoms with E-state index in [4.69, 9.17) is 69.4 Å². The summed E-state index contributed by atoms with van der Waals surface area (Å²) in [6, 6.07) is 6.24. The summed E-state index contributed by atoms with van der Waals surface area (Å²) in [5, 5.41) is 39.9. The van der Waals surface area contributed by atoms with Gasteiger partial charge in [-0.15, -0.1) is 45.3 Å². The number of hydrogen-bond acceptors (Lipinski definition) is 24. The molecule has 9 aromatic heterocycles. The van der Waals surface area contributed by atoms with Gasteiger partial charge >= 0.3 is 58.0 Å². The zero-order valence-electron chi connectivity index (χ0n) is 49.1. The molecule has 10 heterocycles. The van der Waals surface area contributed by atoms with Crippen LogP contribution in [0.1, 0.15) is 32.2 Å². The van der Waals surface area contributed by atoms with E-state index in [9.17, 15) is 36.3 Å². The monoisotopic (exact) mass is 1530 g/mol. The quantitative estimate of drug-likeness (QED) is 0.0445. The number of anilines is 4. The number of carbonyl (C=O) groups is 3. The molecule has 9 aromatic rings. The van der Waals surface area contributed by atoms with Crippen molar-refractivity contribution in [1.82, 2.24) is 44.9 Å². The van der Waals surface area contributed by atoms with Crippen LogP contribution in [0.15, 0.2) is 91.2 Å². The topological polar surface area (TPSA) is 348 Å². The normalized spacial score (nSPS) is 10.8. The number of aliphatic hydroxyl groups is 1. The van der Waals surface area contributed by atoms with Gasteiger partial charge in [-0.2, -0.15) is 0 Å². The van der Waals surface area contributed by atoms with Crippen molar-refractivity contribution in [2.24, 2.45) is 0 Å². The molecule has 3 amide bonds. The number of nitrogens with zero attached hydrogens (tertiary/aromatic N) is 9. The summed E-state index contributed by atoms with van der Waals surface area (Å²) in [7, 11) is -1.12. The van der Waals surface area contributed by atoms with Crippen LogP contribution in [0.25, 0.3) is 31.7 Å².